The number of halogens is 1. The molecule has 4 heterocycles. The molecule has 0 unspecified atom stereocenters. The number of carboxylic acids is 1. The van der Waals surface area contributed by atoms with Gasteiger partial charge in [0, 0.05) is 23.8 Å². The highest BCUT2D eigenvalue weighted by Gasteiger charge is 2.26. The summed E-state index contributed by atoms with van der Waals surface area (Å²) in [5, 5.41) is 22.2. The summed E-state index contributed by atoms with van der Waals surface area (Å²) in [4.78, 5) is 42.4. The molecule has 0 radical (unpaired) electrons. The lowest BCUT2D eigenvalue weighted by atomic mass is 10.0. The van der Waals surface area contributed by atoms with Crippen molar-refractivity contribution in [1.29, 1.82) is 0 Å². The zero-order chi connectivity index (χ0) is 32.1. The fourth-order valence-electron chi connectivity index (χ4n) is 3.89. The Morgan fingerprint density at radius 2 is 1.70 bits per heavy atom. The third-order valence-corrected chi connectivity index (χ3v) is 5.96. The smallest absolute Gasteiger partial charge is 0.340 e. The molecule has 0 fully saturated rings. The standard InChI is InChI=1S/C24H20ClN9O6.C3H9N/c1-11-8-12-10-33(22-28-23(39-3)30-24(29-22)40-4)32-18(12)16(21(36)37)17(11)27-20(35)14-9-15(38-2)31-34(14)19-13(25)6-5-7-26-19;1-3(2)4/h5-10H,1-4H3,(H,27,35)(H,36,37);3H,4H2,1-2H3. The number of carbonyl (C=O) groups excluding carboxylic acids is 1. The molecule has 0 spiro atoms. The number of anilines is 1. The molecular weight excluding hydrogens is 596 g/mol. The van der Waals surface area contributed by atoms with Crippen molar-refractivity contribution in [3.8, 4) is 29.7 Å². The number of benzene rings is 1. The molecule has 0 saturated heterocycles. The molecule has 4 N–H and O–H groups in total. The highest BCUT2D eigenvalue weighted by atomic mass is 35.5. The second kappa shape index (κ2) is 13.3. The minimum absolute atomic E-state index is 0.00295. The number of nitrogens with zero attached hydrogens (tertiary/aromatic N) is 8. The Morgan fingerprint density at radius 1 is 1.05 bits per heavy atom. The number of carboxylic acid groups (broad SMARTS) is 1. The molecule has 5 rings (SSSR count). The third-order valence-electron chi connectivity index (χ3n) is 5.67. The van der Waals surface area contributed by atoms with Crippen LogP contribution in [0.3, 0.4) is 0 Å². The Morgan fingerprint density at radius 3 is 2.27 bits per heavy atom. The van der Waals surface area contributed by atoms with Gasteiger partial charge in [-0.15, -0.1) is 10.1 Å². The maximum absolute atomic E-state index is 13.5. The molecule has 0 aliphatic heterocycles. The molecular formula is C27H29ClN10O6. The Labute approximate surface area is 255 Å². The minimum atomic E-state index is -1.32. The zero-order valence-corrected chi connectivity index (χ0v) is 25.3. The number of amides is 1. The quantitative estimate of drug-likeness (QED) is 0.227. The van der Waals surface area contributed by atoms with Gasteiger partial charge in [-0.1, -0.05) is 25.4 Å². The van der Waals surface area contributed by atoms with Gasteiger partial charge in [-0.25, -0.2) is 19.1 Å². The molecule has 1 amide bonds. The Hall–Kier alpha value is -5.35. The Balaban J connectivity index is 0.00000104. The number of nitrogens with one attached hydrogen (secondary N) is 1. The number of hydrogen-bond acceptors (Lipinski definition) is 12. The van der Waals surface area contributed by atoms with Gasteiger partial charge in [0.2, 0.25) is 5.88 Å². The molecule has 0 aliphatic carbocycles. The lowest BCUT2D eigenvalue weighted by molar-refractivity contribution is 0.0699. The average molecular weight is 625 g/mol. The van der Waals surface area contributed by atoms with E-state index >= 15 is 0 Å². The van der Waals surface area contributed by atoms with Crippen molar-refractivity contribution in [1.82, 2.24) is 39.5 Å². The van der Waals surface area contributed by atoms with E-state index in [9.17, 15) is 14.7 Å². The number of rotatable bonds is 8. The summed E-state index contributed by atoms with van der Waals surface area (Å²) < 4.78 is 17.8. The van der Waals surface area contributed by atoms with Crippen LogP contribution in [0.1, 0.15) is 40.3 Å². The number of aromatic carboxylic acids is 1. The largest absolute Gasteiger partial charge is 0.480 e. The first-order chi connectivity index (χ1) is 21.0. The fourth-order valence-corrected chi connectivity index (χ4v) is 4.09. The van der Waals surface area contributed by atoms with Gasteiger partial charge < -0.3 is 30.4 Å². The van der Waals surface area contributed by atoms with E-state index < -0.39 is 11.9 Å². The number of fused-ring (bicyclic) bond motifs is 1. The van der Waals surface area contributed by atoms with Gasteiger partial charge in [-0.05, 0) is 36.7 Å². The van der Waals surface area contributed by atoms with Gasteiger partial charge >= 0.3 is 18.0 Å². The lowest BCUT2D eigenvalue weighted by Gasteiger charge is -2.13. The van der Waals surface area contributed by atoms with Crippen LogP contribution in [0.15, 0.2) is 36.7 Å². The predicted molar refractivity (Wildman–Crippen MR) is 159 cm³/mol. The molecule has 17 heteroatoms. The van der Waals surface area contributed by atoms with E-state index in [2.05, 4.69) is 35.5 Å². The van der Waals surface area contributed by atoms with E-state index in [1.807, 2.05) is 13.8 Å². The van der Waals surface area contributed by atoms with E-state index in [0.29, 0.717) is 17.0 Å². The topological polar surface area (TPSA) is 207 Å². The van der Waals surface area contributed by atoms with Crippen LogP contribution < -0.4 is 25.3 Å². The zero-order valence-electron chi connectivity index (χ0n) is 24.6. The molecule has 0 atom stereocenters. The van der Waals surface area contributed by atoms with Crippen molar-refractivity contribution >= 4 is 40.1 Å². The highest BCUT2D eigenvalue weighted by Crippen LogP contribution is 2.31. The van der Waals surface area contributed by atoms with Crippen LogP contribution in [0, 0.1) is 6.92 Å². The van der Waals surface area contributed by atoms with Crippen LogP contribution in [0.25, 0.3) is 22.7 Å². The molecule has 0 aliphatic rings. The molecule has 4 aromatic heterocycles. The first kappa shape index (κ1) is 31.6. The second-order valence-corrected chi connectivity index (χ2v) is 9.77. The van der Waals surface area contributed by atoms with Crippen molar-refractivity contribution in [2.75, 3.05) is 26.6 Å². The molecule has 5 aromatic rings. The number of nitrogens with two attached hydrogens (primary N) is 1. The summed E-state index contributed by atoms with van der Waals surface area (Å²) in [6.07, 6.45) is 3.03. The molecule has 0 saturated carbocycles. The van der Waals surface area contributed by atoms with Crippen molar-refractivity contribution in [2.24, 2.45) is 5.73 Å². The fraction of sp³-hybridized carbons (Fsp3) is 0.259. The normalized spacial score (nSPS) is 10.8. The summed E-state index contributed by atoms with van der Waals surface area (Å²) in [5.74, 6) is -1.67. The van der Waals surface area contributed by atoms with Crippen molar-refractivity contribution in [2.45, 2.75) is 26.8 Å². The number of hydrogen-bond donors (Lipinski definition) is 3. The van der Waals surface area contributed by atoms with Gasteiger partial charge in [0.15, 0.2) is 5.82 Å². The van der Waals surface area contributed by atoms with Crippen LogP contribution in [0.2, 0.25) is 5.02 Å². The van der Waals surface area contributed by atoms with Gasteiger partial charge in [0.05, 0.1) is 32.0 Å². The maximum atomic E-state index is 13.5. The van der Waals surface area contributed by atoms with E-state index in [1.165, 1.54) is 49.2 Å². The van der Waals surface area contributed by atoms with Gasteiger partial charge in [-0.3, -0.25) is 4.79 Å². The average Bonchev–Trinajstić information content (AvgIpc) is 3.61. The summed E-state index contributed by atoms with van der Waals surface area (Å²) in [7, 11) is 4.15. The first-order valence-corrected chi connectivity index (χ1v) is 13.3. The van der Waals surface area contributed by atoms with E-state index in [-0.39, 0.29) is 57.2 Å². The number of methoxy groups -OCH3 is 3. The first-order valence-electron chi connectivity index (χ1n) is 12.9. The van der Waals surface area contributed by atoms with Gasteiger partial charge in [-0.2, -0.15) is 15.1 Å². The number of ether oxygens (including phenoxy) is 3. The molecule has 1 aromatic carbocycles. The Bertz CT molecular complexity index is 1810. The van der Waals surface area contributed by atoms with Gasteiger partial charge in [0.25, 0.3) is 11.9 Å². The predicted octanol–water partition coefficient (Wildman–Crippen LogP) is 3.08. The molecule has 16 nitrogen and oxygen atoms in total. The minimum Gasteiger partial charge on any atom is -0.480 e. The van der Waals surface area contributed by atoms with Crippen LogP contribution in [-0.2, 0) is 0 Å². The lowest BCUT2D eigenvalue weighted by Crippen LogP contribution is -2.20. The van der Waals surface area contributed by atoms with E-state index in [0.717, 1.165) is 0 Å². The van der Waals surface area contributed by atoms with Crippen molar-refractivity contribution in [3.05, 3.63) is 58.5 Å². The second-order valence-electron chi connectivity index (χ2n) is 9.36. The summed E-state index contributed by atoms with van der Waals surface area (Å²) in [6.45, 7) is 5.54. The van der Waals surface area contributed by atoms with Crippen LogP contribution >= 0.6 is 11.6 Å². The monoisotopic (exact) mass is 624 g/mol. The Kier molecular flexibility index (Phi) is 9.55. The van der Waals surface area contributed by atoms with E-state index in [4.69, 9.17) is 31.5 Å². The summed E-state index contributed by atoms with van der Waals surface area (Å²) in [5.41, 5.74) is 5.43. The molecule has 230 valence electrons. The summed E-state index contributed by atoms with van der Waals surface area (Å²) in [6, 6.07) is 6.56. The SMILES string of the molecule is CC(C)N.COc1cc(C(=O)Nc2c(C)cc3cn(-c4nc(OC)nc(OC)n4)nc3c2C(=O)O)n(-c2ncccc2Cl)n1. The van der Waals surface area contributed by atoms with E-state index in [1.54, 1.807) is 25.1 Å². The summed E-state index contributed by atoms with van der Waals surface area (Å²) >= 11 is 6.28. The van der Waals surface area contributed by atoms with Crippen molar-refractivity contribution in [3.63, 3.8) is 0 Å². The molecule has 0 bridgehead atoms. The maximum Gasteiger partial charge on any atom is 0.340 e. The van der Waals surface area contributed by atoms with Gasteiger partial charge in [0.1, 0.15) is 16.8 Å². The van der Waals surface area contributed by atoms with Crippen LogP contribution in [0.4, 0.5) is 5.69 Å². The molecule has 44 heavy (non-hydrogen) atoms. The number of pyridine rings is 1. The number of carbonyl (C=O) groups is 2. The third kappa shape index (κ3) is 6.66. The number of aryl methyl sites for hydroxylation is 1. The van der Waals surface area contributed by atoms with Crippen LogP contribution in [-0.4, -0.2) is 83.9 Å². The van der Waals surface area contributed by atoms with Crippen LogP contribution in [0.5, 0.6) is 17.9 Å². The van der Waals surface area contributed by atoms with Crippen molar-refractivity contribution < 1.29 is 28.9 Å². The highest BCUT2D eigenvalue weighted by molar-refractivity contribution is 6.32. The number of aromatic nitrogens is 8.